The number of nitrogens with one attached hydrogen (secondary N) is 1. The Hall–Kier alpha value is -1.41. The van der Waals surface area contributed by atoms with Crippen LogP contribution in [0.5, 0.6) is 0 Å². The standard InChI is InChI=1S/C41H77NO10/c1-3-5-7-9-11-13-14-15-16-17-18-19-20-21-23-24-26-28-33(44)36(46)32(31-51-41-39(49)38(48)37(47)35(30-43)52-41)42-40(50)34(45)29-27-25-22-12-10-8-6-4-2/h21-23,25,32-39,41,43-49H,3-20,24,26-31H2,1-2H3,(H,42,50)/b23-21+,25-22-. The molecule has 11 nitrogen and oxygen atoms in total. The third-order valence-electron chi connectivity index (χ3n) is 9.98. The molecule has 11 heteroatoms. The maximum absolute atomic E-state index is 12.9. The zero-order chi connectivity index (χ0) is 38.4. The Morgan fingerprint density at radius 3 is 1.67 bits per heavy atom. The van der Waals surface area contributed by atoms with E-state index in [9.17, 15) is 40.5 Å². The average Bonchev–Trinajstić information content (AvgIpc) is 3.14. The summed E-state index contributed by atoms with van der Waals surface area (Å²) in [6.07, 6.45) is 21.3. The van der Waals surface area contributed by atoms with E-state index in [0.29, 0.717) is 12.8 Å². The molecule has 1 aliphatic heterocycles. The normalized spacial score (nSPS) is 23.3. The lowest BCUT2D eigenvalue weighted by Crippen LogP contribution is -2.60. The van der Waals surface area contributed by atoms with E-state index in [0.717, 1.165) is 32.1 Å². The lowest BCUT2D eigenvalue weighted by atomic mass is 9.99. The first-order valence-corrected chi connectivity index (χ1v) is 20.7. The number of hydrogen-bond acceptors (Lipinski definition) is 10. The maximum Gasteiger partial charge on any atom is 0.249 e. The van der Waals surface area contributed by atoms with Crippen molar-refractivity contribution in [1.29, 1.82) is 0 Å². The number of allylic oxidation sites excluding steroid dienone is 4. The molecule has 1 saturated heterocycles. The van der Waals surface area contributed by atoms with Gasteiger partial charge in [0, 0.05) is 0 Å². The minimum Gasteiger partial charge on any atom is -0.394 e. The molecule has 1 aliphatic rings. The molecule has 0 aliphatic carbocycles. The van der Waals surface area contributed by atoms with Crippen molar-refractivity contribution in [3.8, 4) is 0 Å². The SMILES string of the molecule is CCCCCC/C=C\CCC(O)C(=O)NC(COC1OC(CO)C(O)C(O)C1O)C(O)C(O)CCC/C=C/CCCCCCCCCCCCCC. The lowest BCUT2D eigenvalue weighted by Gasteiger charge is -2.40. The number of rotatable bonds is 33. The third-order valence-corrected chi connectivity index (χ3v) is 9.98. The summed E-state index contributed by atoms with van der Waals surface area (Å²) in [4.78, 5) is 12.9. The van der Waals surface area contributed by atoms with Gasteiger partial charge in [0.25, 0.3) is 0 Å². The van der Waals surface area contributed by atoms with E-state index in [1.165, 1.54) is 89.9 Å². The molecular formula is C41H77NO10. The van der Waals surface area contributed by atoms with Gasteiger partial charge in [0.1, 0.15) is 36.6 Å². The number of carbonyl (C=O) groups excluding carboxylic acids is 1. The number of aliphatic hydroxyl groups is 7. The highest BCUT2D eigenvalue weighted by atomic mass is 16.7. The van der Waals surface area contributed by atoms with Crippen LogP contribution >= 0.6 is 0 Å². The Balaban J connectivity index is 2.52. The van der Waals surface area contributed by atoms with Crippen LogP contribution in [0, 0.1) is 0 Å². The van der Waals surface area contributed by atoms with E-state index in [1.807, 2.05) is 12.2 Å². The molecule has 9 unspecified atom stereocenters. The number of carbonyl (C=O) groups is 1. The molecule has 0 aromatic rings. The summed E-state index contributed by atoms with van der Waals surface area (Å²) in [5.74, 6) is -0.745. The van der Waals surface area contributed by atoms with Crippen LogP contribution in [0.1, 0.15) is 162 Å². The second-order valence-corrected chi connectivity index (χ2v) is 14.7. The van der Waals surface area contributed by atoms with Crippen molar-refractivity contribution in [3.63, 3.8) is 0 Å². The topological polar surface area (TPSA) is 189 Å². The molecule has 1 heterocycles. The minimum absolute atomic E-state index is 0.168. The Morgan fingerprint density at radius 2 is 1.13 bits per heavy atom. The van der Waals surface area contributed by atoms with E-state index in [-0.39, 0.29) is 12.8 Å². The van der Waals surface area contributed by atoms with E-state index >= 15 is 0 Å². The van der Waals surface area contributed by atoms with E-state index in [4.69, 9.17) is 9.47 Å². The van der Waals surface area contributed by atoms with Gasteiger partial charge in [-0.2, -0.15) is 0 Å². The van der Waals surface area contributed by atoms with E-state index < -0.39 is 74.2 Å². The largest absolute Gasteiger partial charge is 0.394 e. The van der Waals surface area contributed by atoms with Crippen molar-refractivity contribution in [2.24, 2.45) is 0 Å². The molecule has 0 saturated carbocycles. The summed E-state index contributed by atoms with van der Waals surface area (Å²) in [6.45, 7) is 3.32. The fourth-order valence-electron chi connectivity index (χ4n) is 6.44. The van der Waals surface area contributed by atoms with Gasteiger partial charge >= 0.3 is 0 Å². The molecule has 52 heavy (non-hydrogen) atoms. The van der Waals surface area contributed by atoms with Crippen molar-refractivity contribution in [2.75, 3.05) is 13.2 Å². The van der Waals surface area contributed by atoms with Gasteiger partial charge in [-0.25, -0.2) is 0 Å². The van der Waals surface area contributed by atoms with Crippen LogP contribution < -0.4 is 5.32 Å². The Kier molecular flexibility index (Phi) is 29.8. The zero-order valence-electron chi connectivity index (χ0n) is 32.5. The molecule has 1 amide bonds. The van der Waals surface area contributed by atoms with Crippen LogP contribution in [-0.2, 0) is 14.3 Å². The molecule has 0 bridgehead atoms. The number of ether oxygens (including phenoxy) is 2. The monoisotopic (exact) mass is 744 g/mol. The second kappa shape index (κ2) is 31.9. The van der Waals surface area contributed by atoms with Gasteiger partial charge in [0.2, 0.25) is 5.91 Å². The van der Waals surface area contributed by atoms with Crippen LogP contribution in [0.15, 0.2) is 24.3 Å². The lowest BCUT2D eigenvalue weighted by molar-refractivity contribution is -0.303. The minimum atomic E-state index is -1.67. The summed E-state index contributed by atoms with van der Waals surface area (Å²) in [5.41, 5.74) is 0. The molecule has 0 spiro atoms. The van der Waals surface area contributed by atoms with Gasteiger partial charge in [-0.15, -0.1) is 0 Å². The van der Waals surface area contributed by atoms with Crippen molar-refractivity contribution < 1.29 is 50.0 Å². The van der Waals surface area contributed by atoms with E-state index in [2.05, 4.69) is 31.3 Å². The molecule has 1 rings (SSSR count). The maximum atomic E-state index is 12.9. The smallest absolute Gasteiger partial charge is 0.249 e. The molecule has 0 aromatic heterocycles. The van der Waals surface area contributed by atoms with Crippen LogP contribution in [0.3, 0.4) is 0 Å². The van der Waals surface area contributed by atoms with Crippen LogP contribution in [0.2, 0.25) is 0 Å². The quantitative estimate of drug-likeness (QED) is 0.0315. The van der Waals surface area contributed by atoms with Gasteiger partial charge in [-0.1, -0.05) is 128 Å². The number of amides is 1. The Labute approximate surface area is 314 Å². The van der Waals surface area contributed by atoms with Crippen molar-refractivity contribution >= 4 is 5.91 Å². The molecule has 9 atom stereocenters. The fourth-order valence-corrected chi connectivity index (χ4v) is 6.44. The van der Waals surface area contributed by atoms with Crippen molar-refractivity contribution in [3.05, 3.63) is 24.3 Å². The van der Waals surface area contributed by atoms with Crippen LogP contribution in [0.25, 0.3) is 0 Å². The Bertz CT molecular complexity index is 903. The Morgan fingerprint density at radius 1 is 0.654 bits per heavy atom. The predicted molar refractivity (Wildman–Crippen MR) is 205 cm³/mol. The highest BCUT2D eigenvalue weighted by molar-refractivity contribution is 5.80. The average molecular weight is 744 g/mol. The number of hydrogen-bond donors (Lipinski definition) is 8. The summed E-state index contributed by atoms with van der Waals surface area (Å²) >= 11 is 0. The predicted octanol–water partition coefficient (Wildman–Crippen LogP) is 5.49. The van der Waals surface area contributed by atoms with Gasteiger partial charge < -0.3 is 50.5 Å². The summed E-state index contributed by atoms with van der Waals surface area (Å²) in [6, 6.07) is -1.19. The van der Waals surface area contributed by atoms with Gasteiger partial charge in [0.15, 0.2) is 6.29 Å². The molecule has 8 N–H and O–H groups in total. The molecule has 0 aromatic carbocycles. The van der Waals surface area contributed by atoms with Crippen LogP contribution in [0.4, 0.5) is 0 Å². The second-order valence-electron chi connectivity index (χ2n) is 14.7. The summed E-state index contributed by atoms with van der Waals surface area (Å²) in [5, 5.41) is 75.1. The fraction of sp³-hybridized carbons (Fsp3) is 0.878. The van der Waals surface area contributed by atoms with Crippen molar-refractivity contribution in [1.82, 2.24) is 5.32 Å². The first-order valence-electron chi connectivity index (χ1n) is 20.7. The highest BCUT2D eigenvalue weighted by Gasteiger charge is 2.44. The summed E-state index contributed by atoms with van der Waals surface area (Å²) in [7, 11) is 0. The summed E-state index contributed by atoms with van der Waals surface area (Å²) < 4.78 is 11.0. The number of unbranched alkanes of at least 4 members (excludes halogenated alkanes) is 17. The first kappa shape index (κ1) is 48.6. The molecular weight excluding hydrogens is 666 g/mol. The van der Waals surface area contributed by atoms with Crippen molar-refractivity contribution in [2.45, 2.75) is 217 Å². The van der Waals surface area contributed by atoms with Gasteiger partial charge in [0.05, 0.1) is 25.4 Å². The van der Waals surface area contributed by atoms with E-state index in [1.54, 1.807) is 0 Å². The number of aliphatic hydroxyl groups excluding tert-OH is 7. The third kappa shape index (κ3) is 22.1. The highest BCUT2D eigenvalue weighted by Crippen LogP contribution is 2.23. The van der Waals surface area contributed by atoms with Gasteiger partial charge in [-0.05, 0) is 57.8 Å². The first-order chi connectivity index (χ1) is 25.2. The zero-order valence-corrected chi connectivity index (χ0v) is 32.5. The van der Waals surface area contributed by atoms with Crippen LogP contribution in [-0.4, -0.2) is 110 Å². The van der Waals surface area contributed by atoms with Gasteiger partial charge in [-0.3, -0.25) is 4.79 Å². The molecule has 306 valence electrons. The molecule has 0 radical (unpaired) electrons. The molecule has 1 fully saturated rings.